The molecule has 1 N–H and O–H groups in total. The van der Waals surface area contributed by atoms with Crippen molar-refractivity contribution in [2.75, 3.05) is 0 Å². The molecule has 3 heteroatoms. The molecule has 2 nitrogen and oxygen atoms in total. The van der Waals surface area contributed by atoms with Crippen molar-refractivity contribution in [2.45, 2.75) is 0 Å². The molecule has 98 valence electrons. The van der Waals surface area contributed by atoms with E-state index in [1.54, 1.807) is 18.2 Å². The van der Waals surface area contributed by atoms with E-state index in [9.17, 15) is 9.90 Å². The van der Waals surface area contributed by atoms with Crippen LogP contribution in [-0.2, 0) is 0 Å². The summed E-state index contributed by atoms with van der Waals surface area (Å²) in [7, 11) is 0. The minimum Gasteiger partial charge on any atom is -0.506 e. The number of hydrogen-bond acceptors (Lipinski definition) is 2. The SMILES string of the molecule is O=Cc1ccc2cccc(-c3cccc(Cl)c3O)c2c1. The van der Waals surface area contributed by atoms with Crippen LogP contribution in [0.25, 0.3) is 21.9 Å². The molecule has 0 bridgehead atoms. The van der Waals surface area contributed by atoms with Crippen molar-refractivity contribution in [3.63, 3.8) is 0 Å². The molecule has 0 unspecified atom stereocenters. The fourth-order valence-corrected chi connectivity index (χ4v) is 2.51. The monoisotopic (exact) mass is 282 g/mol. The number of hydrogen-bond donors (Lipinski definition) is 1. The van der Waals surface area contributed by atoms with Gasteiger partial charge in [0, 0.05) is 11.1 Å². The Labute approximate surface area is 121 Å². The van der Waals surface area contributed by atoms with Crippen molar-refractivity contribution >= 4 is 28.7 Å². The quantitative estimate of drug-likeness (QED) is 0.693. The Morgan fingerprint density at radius 2 is 1.70 bits per heavy atom. The molecule has 0 aromatic heterocycles. The fourth-order valence-electron chi connectivity index (χ4n) is 2.33. The summed E-state index contributed by atoms with van der Waals surface area (Å²) < 4.78 is 0. The highest BCUT2D eigenvalue weighted by atomic mass is 35.5. The van der Waals surface area contributed by atoms with Crippen LogP contribution < -0.4 is 0 Å². The standard InChI is InChI=1S/C17H11ClO2/c18-16-6-2-5-14(17(16)20)13-4-1-3-12-8-7-11(10-19)9-15(12)13/h1-10,20H. The summed E-state index contributed by atoms with van der Waals surface area (Å²) in [5.41, 5.74) is 2.11. The number of aromatic hydroxyl groups is 1. The van der Waals surface area contributed by atoms with Crippen LogP contribution in [0, 0.1) is 0 Å². The molecule has 3 aromatic carbocycles. The van der Waals surface area contributed by atoms with Crippen LogP contribution in [0.2, 0.25) is 5.02 Å². The Bertz CT molecular complexity index is 809. The zero-order valence-electron chi connectivity index (χ0n) is 10.5. The van der Waals surface area contributed by atoms with Gasteiger partial charge >= 0.3 is 0 Å². The van der Waals surface area contributed by atoms with Crippen molar-refractivity contribution < 1.29 is 9.90 Å². The van der Waals surface area contributed by atoms with Gasteiger partial charge in [0.25, 0.3) is 0 Å². The summed E-state index contributed by atoms with van der Waals surface area (Å²) in [6.45, 7) is 0. The van der Waals surface area contributed by atoms with Crippen LogP contribution in [0.4, 0.5) is 0 Å². The third-order valence-electron chi connectivity index (χ3n) is 3.32. The van der Waals surface area contributed by atoms with Crippen molar-refractivity contribution in [3.8, 4) is 16.9 Å². The van der Waals surface area contributed by atoms with Crippen molar-refractivity contribution in [1.29, 1.82) is 0 Å². The number of phenols is 1. The van der Waals surface area contributed by atoms with Crippen LogP contribution in [0.1, 0.15) is 10.4 Å². The van der Waals surface area contributed by atoms with Gasteiger partial charge in [-0.3, -0.25) is 4.79 Å². The van der Waals surface area contributed by atoms with E-state index in [0.717, 1.165) is 22.6 Å². The first kappa shape index (κ1) is 12.7. The van der Waals surface area contributed by atoms with E-state index in [1.807, 2.05) is 36.4 Å². The third-order valence-corrected chi connectivity index (χ3v) is 3.62. The molecule has 0 heterocycles. The first-order valence-corrected chi connectivity index (χ1v) is 6.54. The second-order valence-corrected chi connectivity index (χ2v) is 4.95. The van der Waals surface area contributed by atoms with Gasteiger partial charge in [0.1, 0.15) is 12.0 Å². The Balaban J connectivity index is 2.35. The first-order valence-electron chi connectivity index (χ1n) is 6.16. The molecule has 0 aliphatic heterocycles. The molecule has 3 rings (SSSR count). The lowest BCUT2D eigenvalue weighted by atomic mass is 9.96. The lowest BCUT2D eigenvalue weighted by molar-refractivity contribution is 0.112. The number of carbonyl (C=O) groups excluding carboxylic acids is 1. The van der Waals surface area contributed by atoms with Crippen molar-refractivity contribution in [2.24, 2.45) is 0 Å². The molecule has 0 amide bonds. The highest BCUT2D eigenvalue weighted by Gasteiger charge is 2.10. The lowest BCUT2D eigenvalue weighted by Crippen LogP contribution is -1.85. The van der Waals surface area contributed by atoms with Gasteiger partial charge in [-0.1, -0.05) is 54.1 Å². The number of rotatable bonds is 2. The number of aldehydes is 1. The van der Waals surface area contributed by atoms with E-state index in [1.165, 1.54) is 0 Å². The summed E-state index contributed by atoms with van der Waals surface area (Å²) in [5.74, 6) is 0.0539. The largest absolute Gasteiger partial charge is 0.506 e. The average Bonchev–Trinajstić information content (AvgIpc) is 2.49. The maximum atomic E-state index is 10.9. The third kappa shape index (κ3) is 2.04. The van der Waals surface area contributed by atoms with E-state index in [4.69, 9.17) is 11.6 Å². The number of phenolic OH excluding ortho intramolecular Hbond substituents is 1. The summed E-state index contributed by atoms with van der Waals surface area (Å²) >= 11 is 5.97. The highest BCUT2D eigenvalue weighted by Crippen LogP contribution is 2.38. The Kier molecular flexibility index (Phi) is 3.17. The maximum absolute atomic E-state index is 10.9. The van der Waals surface area contributed by atoms with E-state index in [-0.39, 0.29) is 5.75 Å². The van der Waals surface area contributed by atoms with Crippen LogP contribution in [0.3, 0.4) is 0 Å². The van der Waals surface area contributed by atoms with Gasteiger partial charge in [0.15, 0.2) is 0 Å². The molecule has 0 saturated heterocycles. The molecule has 0 spiro atoms. The van der Waals surface area contributed by atoms with Crippen molar-refractivity contribution in [1.82, 2.24) is 0 Å². The minimum absolute atomic E-state index is 0.0539. The topological polar surface area (TPSA) is 37.3 Å². The molecule has 20 heavy (non-hydrogen) atoms. The Morgan fingerprint density at radius 3 is 2.50 bits per heavy atom. The van der Waals surface area contributed by atoms with Crippen LogP contribution in [0.15, 0.2) is 54.6 Å². The van der Waals surface area contributed by atoms with Gasteiger partial charge in [-0.05, 0) is 28.5 Å². The number of fused-ring (bicyclic) bond motifs is 1. The molecule has 0 aliphatic rings. The van der Waals surface area contributed by atoms with Gasteiger partial charge in [-0.25, -0.2) is 0 Å². The molecule has 0 radical (unpaired) electrons. The molecule has 0 fully saturated rings. The maximum Gasteiger partial charge on any atom is 0.150 e. The zero-order chi connectivity index (χ0) is 14.1. The summed E-state index contributed by atoms with van der Waals surface area (Å²) in [6, 6.07) is 16.5. The van der Waals surface area contributed by atoms with E-state index in [2.05, 4.69) is 0 Å². The number of carbonyl (C=O) groups is 1. The normalized spacial score (nSPS) is 10.7. The fraction of sp³-hybridized carbons (Fsp3) is 0. The predicted molar refractivity (Wildman–Crippen MR) is 81.4 cm³/mol. The van der Waals surface area contributed by atoms with E-state index < -0.39 is 0 Å². The van der Waals surface area contributed by atoms with E-state index >= 15 is 0 Å². The summed E-state index contributed by atoms with van der Waals surface area (Å²) in [4.78, 5) is 10.9. The molecule has 0 saturated carbocycles. The summed E-state index contributed by atoms with van der Waals surface area (Å²) in [6.07, 6.45) is 0.814. The highest BCUT2D eigenvalue weighted by molar-refractivity contribution is 6.32. The van der Waals surface area contributed by atoms with Gasteiger partial charge in [0.05, 0.1) is 5.02 Å². The van der Waals surface area contributed by atoms with Gasteiger partial charge in [-0.2, -0.15) is 0 Å². The number of benzene rings is 3. The van der Waals surface area contributed by atoms with Crippen molar-refractivity contribution in [3.05, 3.63) is 65.2 Å². The second kappa shape index (κ2) is 4.99. The molecule has 3 aromatic rings. The van der Waals surface area contributed by atoms with E-state index in [0.29, 0.717) is 16.1 Å². The smallest absolute Gasteiger partial charge is 0.150 e. The van der Waals surface area contributed by atoms with Gasteiger partial charge in [0.2, 0.25) is 0 Å². The number of para-hydroxylation sites is 1. The van der Waals surface area contributed by atoms with Gasteiger partial charge < -0.3 is 5.11 Å². The van der Waals surface area contributed by atoms with Gasteiger partial charge in [-0.15, -0.1) is 0 Å². The zero-order valence-corrected chi connectivity index (χ0v) is 11.3. The Hall–Kier alpha value is -2.32. The molecule has 0 atom stereocenters. The predicted octanol–water partition coefficient (Wildman–Crippen LogP) is 4.68. The van der Waals surface area contributed by atoms with Crippen LogP contribution in [-0.4, -0.2) is 11.4 Å². The Morgan fingerprint density at radius 1 is 0.950 bits per heavy atom. The number of halogens is 1. The summed E-state index contributed by atoms with van der Waals surface area (Å²) in [5, 5.41) is 12.4. The molecular weight excluding hydrogens is 272 g/mol. The lowest BCUT2D eigenvalue weighted by Gasteiger charge is -2.10. The molecule has 0 aliphatic carbocycles. The van der Waals surface area contributed by atoms with Crippen LogP contribution in [0.5, 0.6) is 5.75 Å². The second-order valence-electron chi connectivity index (χ2n) is 4.54. The minimum atomic E-state index is 0.0539. The molecular formula is C17H11ClO2. The first-order chi connectivity index (χ1) is 9.70. The average molecular weight is 283 g/mol. The van der Waals surface area contributed by atoms with Crippen LogP contribution >= 0.6 is 11.6 Å².